The summed E-state index contributed by atoms with van der Waals surface area (Å²) in [6.45, 7) is 1.96. The minimum atomic E-state index is -4.55. The van der Waals surface area contributed by atoms with Gasteiger partial charge in [0.15, 0.2) is 16.6 Å². The van der Waals surface area contributed by atoms with E-state index in [-0.39, 0.29) is 21.9 Å². The molecular weight excluding hydrogens is 413 g/mol. The Morgan fingerprint density at radius 1 is 1.11 bits per heavy atom. The summed E-state index contributed by atoms with van der Waals surface area (Å²) >= 11 is 10.9. The zero-order valence-electron chi connectivity index (χ0n) is 15.5. The highest BCUT2D eigenvalue weighted by molar-refractivity contribution is 7.80. The first-order valence-corrected chi connectivity index (χ1v) is 9.14. The van der Waals surface area contributed by atoms with Gasteiger partial charge >= 0.3 is 6.18 Å². The van der Waals surface area contributed by atoms with E-state index < -0.39 is 11.7 Å². The van der Waals surface area contributed by atoms with Crippen LogP contribution in [0, 0.1) is 0 Å². The van der Waals surface area contributed by atoms with E-state index in [1.807, 2.05) is 19.1 Å². The number of ether oxygens (including phenoxy) is 2. The summed E-state index contributed by atoms with van der Waals surface area (Å²) in [5, 5.41) is 5.70. The van der Waals surface area contributed by atoms with Gasteiger partial charge in [-0.25, -0.2) is 0 Å². The van der Waals surface area contributed by atoms with Crippen LogP contribution in [0.1, 0.15) is 30.5 Å². The van der Waals surface area contributed by atoms with Crippen molar-refractivity contribution in [2.24, 2.45) is 0 Å². The Hall–Kier alpha value is -2.19. The van der Waals surface area contributed by atoms with E-state index in [1.165, 1.54) is 12.1 Å². The maximum absolute atomic E-state index is 13.0. The van der Waals surface area contributed by atoms with Crippen LogP contribution in [0.2, 0.25) is 5.02 Å². The first-order valence-electron chi connectivity index (χ1n) is 8.35. The van der Waals surface area contributed by atoms with Gasteiger partial charge < -0.3 is 20.1 Å². The van der Waals surface area contributed by atoms with Crippen molar-refractivity contribution in [3.8, 4) is 11.5 Å². The molecule has 0 aliphatic carbocycles. The molecule has 28 heavy (non-hydrogen) atoms. The molecule has 0 saturated carbocycles. The summed E-state index contributed by atoms with van der Waals surface area (Å²) < 4.78 is 49.5. The Labute approximate surface area is 172 Å². The summed E-state index contributed by atoms with van der Waals surface area (Å²) in [7, 11) is 3.09. The van der Waals surface area contributed by atoms with Crippen molar-refractivity contribution in [3.05, 3.63) is 52.5 Å². The van der Waals surface area contributed by atoms with Crippen molar-refractivity contribution >= 4 is 34.6 Å². The molecule has 2 aromatic carbocycles. The first kappa shape index (κ1) is 22.1. The van der Waals surface area contributed by atoms with Crippen molar-refractivity contribution in [2.45, 2.75) is 25.6 Å². The SMILES string of the molecule is CC[C@@H](NC(=S)Nc1ccc(Cl)c(C(F)(F)F)c1)c1ccc(OC)c(OC)c1. The molecule has 0 unspecified atom stereocenters. The van der Waals surface area contributed by atoms with Crippen LogP contribution in [0.5, 0.6) is 11.5 Å². The molecule has 0 aliphatic heterocycles. The zero-order valence-corrected chi connectivity index (χ0v) is 17.1. The van der Waals surface area contributed by atoms with Crippen LogP contribution in [-0.4, -0.2) is 19.3 Å². The standard InChI is InChI=1S/C19H20ClF3N2O2S/c1-4-15(11-5-8-16(26-2)17(9-11)27-3)25-18(28)24-12-6-7-14(20)13(10-12)19(21,22)23/h5-10,15H,4H2,1-3H3,(H2,24,25,28)/t15-/m1/s1. The second-order valence-electron chi connectivity index (χ2n) is 5.87. The fraction of sp³-hybridized carbons (Fsp3) is 0.316. The van der Waals surface area contributed by atoms with E-state index in [9.17, 15) is 13.2 Å². The van der Waals surface area contributed by atoms with E-state index in [0.717, 1.165) is 11.6 Å². The van der Waals surface area contributed by atoms with Gasteiger partial charge in [0.2, 0.25) is 0 Å². The molecule has 0 bridgehead atoms. The minimum absolute atomic E-state index is 0.172. The Bertz CT molecular complexity index is 846. The van der Waals surface area contributed by atoms with E-state index in [0.29, 0.717) is 17.9 Å². The zero-order chi connectivity index (χ0) is 20.9. The molecule has 0 heterocycles. The molecule has 9 heteroatoms. The van der Waals surface area contributed by atoms with Gasteiger partial charge in [0, 0.05) is 5.69 Å². The van der Waals surface area contributed by atoms with Crippen LogP contribution in [0.25, 0.3) is 0 Å². The van der Waals surface area contributed by atoms with Crippen molar-refractivity contribution in [3.63, 3.8) is 0 Å². The monoisotopic (exact) mass is 432 g/mol. The predicted molar refractivity (Wildman–Crippen MR) is 108 cm³/mol. The lowest BCUT2D eigenvalue weighted by Gasteiger charge is -2.21. The Kier molecular flexibility index (Phi) is 7.37. The second-order valence-corrected chi connectivity index (χ2v) is 6.68. The summed E-state index contributed by atoms with van der Waals surface area (Å²) in [6, 6.07) is 8.85. The maximum atomic E-state index is 13.0. The molecule has 2 N–H and O–H groups in total. The van der Waals surface area contributed by atoms with Crippen LogP contribution in [-0.2, 0) is 6.18 Å². The molecule has 4 nitrogen and oxygen atoms in total. The Morgan fingerprint density at radius 2 is 1.79 bits per heavy atom. The molecular formula is C19H20ClF3N2O2S. The highest BCUT2D eigenvalue weighted by Gasteiger charge is 2.33. The number of alkyl halides is 3. The fourth-order valence-electron chi connectivity index (χ4n) is 2.64. The lowest BCUT2D eigenvalue weighted by molar-refractivity contribution is -0.137. The largest absolute Gasteiger partial charge is 0.493 e. The van der Waals surface area contributed by atoms with E-state index in [2.05, 4.69) is 10.6 Å². The van der Waals surface area contributed by atoms with Crippen LogP contribution in [0.4, 0.5) is 18.9 Å². The van der Waals surface area contributed by atoms with Crippen molar-refractivity contribution in [2.75, 3.05) is 19.5 Å². The molecule has 1 atom stereocenters. The molecule has 0 saturated heterocycles. The minimum Gasteiger partial charge on any atom is -0.493 e. The van der Waals surface area contributed by atoms with Crippen LogP contribution >= 0.6 is 23.8 Å². The van der Waals surface area contributed by atoms with Crippen molar-refractivity contribution in [1.29, 1.82) is 0 Å². The molecule has 0 amide bonds. The van der Waals surface area contributed by atoms with Gasteiger partial charge in [0.05, 0.1) is 30.8 Å². The molecule has 2 aromatic rings. The number of thiocarbonyl (C=S) groups is 1. The summed E-state index contributed by atoms with van der Waals surface area (Å²) in [5.41, 5.74) is 0.168. The third kappa shape index (κ3) is 5.42. The Balaban J connectivity index is 2.15. The highest BCUT2D eigenvalue weighted by Crippen LogP contribution is 2.36. The number of hydrogen-bond acceptors (Lipinski definition) is 3. The highest BCUT2D eigenvalue weighted by atomic mass is 35.5. The number of methoxy groups -OCH3 is 2. The van der Waals surface area contributed by atoms with Gasteiger partial charge in [-0.1, -0.05) is 24.6 Å². The van der Waals surface area contributed by atoms with Gasteiger partial charge in [-0.3, -0.25) is 0 Å². The third-order valence-electron chi connectivity index (χ3n) is 4.05. The first-order chi connectivity index (χ1) is 13.2. The lowest BCUT2D eigenvalue weighted by atomic mass is 10.0. The molecule has 2 rings (SSSR count). The maximum Gasteiger partial charge on any atom is 0.417 e. The summed E-state index contributed by atoms with van der Waals surface area (Å²) in [4.78, 5) is 0. The number of nitrogens with one attached hydrogen (secondary N) is 2. The second kappa shape index (κ2) is 9.34. The summed E-state index contributed by atoms with van der Waals surface area (Å²) in [6.07, 6.45) is -3.86. The number of hydrogen-bond donors (Lipinski definition) is 2. The number of halogens is 4. The topological polar surface area (TPSA) is 42.5 Å². The van der Waals surface area contributed by atoms with E-state index in [1.54, 1.807) is 20.3 Å². The molecule has 0 fully saturated rings. The van der Waals surface area contributed by atoms with Crippen LogP contribution in [0.15, 0.2) is 36.4 Å². The van der Waals surface area contributed by atoms with Crippen LogP contribution in [0.3, 0.4) is 0 Å². The third-order valence-corrected chi connectivity index (χ3v) is 4.60. The summed E-state index contributed by atoms with van der Waals surface area (Å²) in [5.74, 6) is 1.18. The average molecular weight is 433 g/mol. The van der Waals surface area contributed by atoms with Crippen molar-refractivity contribution < 1.29 is 22.6 Å². The van der Waals surface area contributed by atoms with Gasteiger partial charge in [0.1, 0.15) is 0 Å². The van der Waals surface area contributed by atoms with E-state index >= 15 is 0 Å². The Morgan fingerprint density at radius 3 is 2.36 bits per heavy atom. The molecule has 0 spiro atoms. The predicted octanol–water partition coefficient (Wildman–Crippen LogP) is 5.81. The van der Waals surface area contributed by atoms with Crippen LogP contribution < -0.4 is 20.1 Å². The van der Waals surface area contributed by atoms with Gasteiger partial charge in [-0.15, -0.1) is 0 Å². The molecule has 0 radical (unpaired) electrons. The lowest BCUT2D eigenvalue weighted by Crippen LogP contribution is -2.32. The molecule has 152 valence electrons. The molecule has 0 aromatic heterocycles. The fourth-order valence-corrected chi connectivity index (χ4v) is 3.12. The quantitative estimate of drug-likeness (QED) is 0.563. The number of rotatable bonds is 6. The number of benzene rings is 2. The number of anilines is 1. The normalized spacial score (nSPS) is 12.2. The van der Waals surface area contributed by atoms with Crippen molar-refractivity contribution in [1.82, 2.24) is 5.32 Å². The van der Waals surface area contributed by atoms with E-state index in [4.69, 9.17) is 33.3 Å². The van der Waals surface area contributed by atoms with Gasteiger partial charge in [-0.2, -0.15) is 13.2 Å². The van der Waals surface area contributed by atoms with Gasteiger partial charge in [0.25, 0.3) is 0 Å². The smallest absolute Gasteiger partial charge is 0.417 e. The van der Waals surface area contributed by atoms with Gasteiger partial charge in [-0.05, 0) is 54.5 Å². The molecule has 0 aliphatic rings. The average Bonchev–Trinajstić information content (AvgIpc) is 2.66.